The lowest BCUT2D eigenvalue weighted by Crippen LogP contribution is -1.92. The largest absolute Gasteiger partial charge is 0.350 e. The lowest BCUT2D eigenvalue weighted by Gasteiger charge is -1.81. The predicted octanol–water partition coefficient (Wildman–Crippen LogP) is 1.36. The fraction of sp³-hybridized carbons (Fsp3) is 1.00. The predicted molar refractivity (Wildman–Crippen MR) is 24.8 cm³/mol. The summed E-state index contributed by atoms with van der Waals surface area (Å²) in [5, 5.41) is -0.319. The quantitative estimate of drug-likeness (QED) is 0.336. The van der Waals surface area contributed by atoms with E-state index in [9.17, 15) is 0 Å². The van der Waals surface area contributed by atoms with Crippen molar-refractivity contribution in [2.24, 2.45) is 0 Å². The van der Waals surface area contributed by atoms with Crippen LogP contribution in [-0.2, 0) is 4.74 Å². The van der Waals surface area contributed by atoms with Crippen LogP contribution in [0.15, 0.2) is 0 Å². The number of hydrogen-bond acceptors (Lipinski definition) is 1. The van der Waals surface area contributed by atoms with Crippen molar-refractivity contribution in [1.82, 2.24) is 0 Å². The van der Waals surface area contributed by atoms with Crippen LogP contribution in [-0.4, -0.2) is 11.2 Å². The lowest BCUT2D eigenvalue weighted by atomic mass is 10.4. The highest BCUT2D eigenvalue weighted by Crippen LogP contribution is 2.39. The van der Waals surface area contributed by atoms with E-state index in [1.807, 2.05) is 13.8 Å². The maximum atomic E-state index is 5.57. The molecule has 1 rings (SSSR count). The molecule has 1 nitrogen and oxygen atoms in total. The molecule has 0 bridgehead atoms. The van der Waals surface area contributed by atoms with Crippen LogP contribution in [0.2, 0.25) is 0 Å². The van der Waals surface area contributed by atoms with Crippen molar-refractivity contribution in [3.05, 3.63) is 0 Å². The van der Waals surface area contributed by atoms with Crippen LogP contribution >= 0.6 is 11.6 Å². The summed E-state index contributed by atoms with van der Waals surface area (Å²) in [5.41, 5.74) is 0. The summed E-state index contributed by atoms with van der Waals surface area (Å²) >= 11 is 5.57. The number of alkyl halides is 1. The van der Waals surface area contributed by atoms with Crippen molar-refractivity contribution >= 4 is 11.6 Å². The van der Waals surface area contributed by atoms with E-state index in [1.54, 1.807) is 0 Å². The molecule has 2 unspecified atom stereocenters. The molecule has 0 aromatic heterocycles. The fourth-order valence-corrected chi connectivity index (χ4v) is 0.445. The molecule has 0 aromatic rings. The van der Waals surface area contributed by atoms with Gasteiger partial charge < -0.3 is 4.74 Å². The molecular weight excluding hydrogens is 99.5 g/mol. The monoisotopic (exact) mass is 106 g/mol. The summed E-state index contributed by atoms with van der Waals surface area (Å²) in [4.78, 5) is 0. The molecule has 1 aliphatic rings. The molecule has 0 radical (unpaired) electrons. The van der Waals surface area contributed by atoms with Gasteiger partial charge in [-0.1, -0.05) is 11.6 Å². The number of halogens is 1. The molecule has 0 aliphatic carbocycles. The first-order valence-electron chi connectivity index (χ1n) is 1.99. The highest BCUT2D eigenvalue weighted by molar-refractivity contribution is 6.24. The second-order valence-electron chi connectivity index (χ2n) is 1.75. The van der Waals surface area contributed by atoms with Crippen LogP contribution in [0.4, 0.5) is 0 Å². The van der Waals surface area contributed by atoms with Crippen molar-refractivity contribution < 1.29 is 4.74 Å². The van der Waals surface area contributed by atoms with Gasteiger partial charge in [-0.15, -0.1) is 0 Å². The number of epoxide rings is 1. The molecule has 0 N–H and O–H groups in total. The van der Waals surface area contributed by atoms with Crippen molar-refractivity contribution in [2.75, 3.05) is 0 Å². The smallest absolute Gasteiger partial charge is 0.165 e. The van der Waals surface area contributed by atoms with Crippen LogP contribution in [0.1, 0.15) is 13.8 Å². The maximum Gasteiger partial charge on any atom is 0.165 e. The minimum atomic E-state index is -0.319. The second kappa shape index (κ2) is 0.903. The van der Waals surface area contributed by atoms with Crippen molar-refractivity contribution in [2.45, 2.75) is 25.0 Å². The third-order valence-corrected chi connectivity index (χ3v) is 1.47. The van der Waals surface area contributed by atoms with Gasteiger partial charge in [-0.25, -0.2) is 0 Å². The molecule has 0 amide bonds. The van der Waals surface area contributed by atoms with E-state index in [2.05, 4.69) is 0 Å². The van der Waals surface area contributed by atoms with Gasteiger partial charge in [0.15, 0.2) is 5.06 Å². The first-order valence-corrected chi connectivity index (χ1v) is 2.37. The molecule has 1 aliphatic heterocycles. The Labute approximate surface area is 42.2 Å². The SMILES string of the molecule is CC1OC1(C)Cl. The van der Waals surface area contributed by atoms with Gasteiger partial charge in [-0.2, -0.15) is 0 Å². The van der Waals surface area contributed by atoms with Crippen molar-refractivity contribution in [3.63, 3.8) is 0 Å². The average Bonchev–Trinajstić information content (AvgIpc) is 1.73. The molecule has 2 heteroatoms. The Balaban J connectivity index is 2.41. The Hall–Kier alpha value is 0.250. The van der Waals surface area contributed by atoms with Crippen LogP contribution in [0.3, 0.4) is 0 Å². The number of rotatable bonds is 0. The topological polar surface area (TPSA) is 12.5 Å². The molecule has 0 saturated carbocycles. The Morgan fingerprint density at radius 2 is 2.00 bits per heavy atom. The van der Waals surface area contributed by atoms with Crippen LogP contribution in [0.25, 0.3) is 0 Å². The maximum absolute atomic E-state index is 5.57. The Bertz CT molecular complexity index is 69.9. The summed E-state index contributed by atoms with van der Waals surface area (Å²) in [7, 11) is 0. The van der Waals surface area contributed by atoms with Crippen LogP contribution in [0.5, 0.6) is 0 Å². The summed E-state index contributed by atoms with van der Waals surface area (Å²) in [6.45, 7) is 3.81. The van der Waals surface area contributed by atoms with Crippen LogP contribution < -0.4 is 0 Å². The lowest BCUT2D eigenvalue weighted by molar-refractivity contribution is 0.369. The number of ether oxygens (including phenoxy) is 1. The van der Waals surface area contributed by atoms with E-state index in [4.69, 9.17) is 16.3 Å². The zero-order valence-electron chi connectivity index (χ0n) is 3.86. The summed E-state index contributed by atoms with van der Waals surface area (Å²) < 4.78 is 4.87. The Kier molecular flexibility index (Phi) is 0.663. The first-order chi connectivity index (χ1) is 2.63. The second-order valence-corrected chi connectivity index (χ2v) is 2.50. The van der Waals surface area contributed by atoms with Crippen LogP contribution in [0, 0.1) is 0 Å². The van der Waals surface area contributed by atoms with E-state index in [-0.39, 0.29) is 11.2 Å². The molecule has 1 heterocycles. The molecule has 2 atom stereocenters. The molecule has 0 aromatic carbocycles. The van der Waals surface area contributed by atoms with E-state index in [1.165, 1.54) is 0 Å². The van der Waals surface area contributed by atoms with Gasteiger partial charge in [0.25, 0.3) is 0 Å². The highest BCUT2D eigenvalue weighted by Gasteiger charge is 2.46. The summed E-state index contributed by atoms with van der Waals surface area (Å²) in [6.07, 6.45) is 0.263. The highest BCUT2D eigenvalue weighted by atomic mass is 35.5. The van der Waals surface area contributed by atoms with Gasteiger partial charge in [-0.3, -0.25) is 0 Å². The van der Waals surface area contributed by atoms with E-state index in [0.29, 0.717) is 0 Å². The third kappa shape index (κ3) is 0.525. The molecular formula is C4H7ClO. The minimum absolute atomic E-state index is 0.263. The van der Waals surface area contributed by atoms with E-state index < -0.39 is 0 Å². The molecule has 36 valence electrons. The zero-order valence-corrected chi connectivity index (χ0v) is 4.62. The molecule has 1 fully saturated rings. The van der Waals surface area contributed by atoms with Gasteiger partial charge in [0.2, 0.25) is 0 Å². The van der Waals surface area contributed by atoms with Gasteiger partial charge in [0.05, 0.1) is 6.10 Å². The van der Waals surface area contributed by atoms with E-state index in [0.717, 1.165) is 0 Å². The van der Waals surface area contributed by atoms with Crippen molar-refractivity contribution in [1.29, 1.82) is 0 Å². The van der Waals surface area contributed by atoms with Gasteiger partial charge in [-0.05, 0) is 13.8 Å². The summed E-state index contributed by atoms with van der Waals surface area (Å²) in [6, 6.07) is 0. The zero-order chi connectivity index (χ0) is 4.78. The average molecular weight is 107 g/mol. The standard InChI is InChI=1S/C4H7ClO/c1-3-4(2,5)6-3/h3H,1-2H3. The fourth-order valence-electron chi connectivity index (χ4n) is 0.312. The van der Waals surface area contributed by atoms with Gasteiger partial charge in [0, 0.05) is 0 Å². The Morgan fingerprint density at radius 3 is 2.00 bits per heavy atom. The first kappa shape index (κ1) is 4.41. The number of hydrogen-bond donors (Lipinski definition) is 0. The third-order valence-electron chi connectivity index (χ3n) is 1.08. The molecule has 0 spiro atoms. The van der Waals surface area contributed by atoms with Gasteiger partial charge in [0.1, 0.15) is 0 Å². The van der Waals surface area contributed by atoms with E-state index >= 15 is 0 Å². The molecule has 6 heavy (non-hydrogen) atoms. The van der Waals surface area contributed by atoms with Crippen molar-refractivity contribution in [3.8, 4) is 0 Å². The van der Waals surface area contributed by atoms with Gasteiger partial charge >= 0.3 is 0 Å². The minimum Gasteiger partial charge on any atom is -0.350 e. The molecule has 1 saturated heterocycles. The summed E-state index contributed by atoms with van der Waals surface area (Å²) in [5.74, 6) is 0. The normalized spacial score (nSPS) is 55.5. The Morgan fingerprint density at radius 1 is 1.83 bits per heavy atom.